The van der Waals surface area contributed by atoms with Crippen LogP contribution >= 0.6 is 15.9 Å². The predicted octanol–water partition coefficient (Wildman–Crippen LogP) is 4.36. The van der Waals surface area contributed by atoms with Gasteiger partial charge in [0, 0.05) is 16.8 Å². The molecule has 0 bridgehead atoms. The van der Waals surface area contributed by atoms with Gasteiger partial charge >= 0.3 is 0 Å². The number of carbonyl (C=O) groups is 1. The van der Waals surface area contributed by atoms with Crippen molar-refractivity contribution in [2.45, 2.75) is 19.8 Å². The summed E-state index contributed by atoms with van der Waals surface area (Å²) in [7, 11) is 0. The molecule has 0 atom stereocenters. The zero-order valence-corrected chi connectivity index (χ0v) is 13.1. The van der Waals surface area contributed by atoms with E-state index in [1.807, 2.05) is 37.3 Å². The van der Waals surface area contributed by atoms with Crippen molar-refractivity contribution in [2.24, 2.45) is 0 Å². The van der Waals surface area contributed by atoms with Gasteiger partial charge in [0.25, 0.3) is 0 Å². The molecule has 0 saturated carbocycles. The Kier molecular flexibility index (Phi) is 5.56. The van der Waals surface area contributed by atoms with E-state index in [4.69, 9.17) is 4.74 Å². The number of halogens is 1. The molecule has 2 aromatic carbocycles. The van der Waals surface area contributed by atoms with E-state index in [0.717, 1.165) is 27.4 Å². The molecule has 0 aromatic heterocycles. The Morgan fingerprint density at radius 2 is 1.90 bits per heavy atom. The van der Waals surface area contributed by atoms with E-state index in [1.54, 1.807) is 0 Å². The summed E-state index contributed by atoms with van der Waals surface area (Å²) < 4.78 is 6.36. The molecule has 2 aromatic rings. The maximum atomic E-state index is 11.8. The average molecular weight is 336 g/mol. The summed E-state index contributed by atoms with van der Waals surface area (Å²) in [6.07, 6.45) is 1.36. The molecule has 20 heavy (non-hydrogen) atoms. The van der Waals surface area contributed by atoms with Crippen LogP contribution in [0.1, 0.15) is 19.8 Å². The lowest BCUT2D eigenvalue weighted by atomic mass is 10.1. The fraction of sp³-hybridized carbons (Fsp3) is 0.312. The Balaban J connectivity index is 1.96. The Labute approximate surface area is 127 Å². The Morgan fingerprint density at radius 3 is 2.70 bits per heavy atom. The number of ether oxygens (including phenoxy) is 1. The number of amides is 1. The van der Waals surface area contributed by atoms with Crippen LogP contribution in [-0.2, 0) is 9.53 Å². The highest BCUT2D eigenvalue weighted by molar-refractivity contribution is 9.10. The van der Waals surface area contributed by atoms with Crippen LogP contribution in [0.5, 0.6) is 0 Å². The lowest BCUT2D eigenvalue weighted by Gasteiger charge is -2.07. The second kappa shape index (κ2) is 7.41. The Hall–Kier alpha value is -1.39. The van der Waals surface area contributed by atoms with Gasteiger partial charge in [-0.1, -0.05) is 35.0 Å². The van der Waals surface area contributed by atoms with Crippen molar-refractivity contribution in [2.75, 3.05) is 18.5 Å². The van der Waals surface area contributed by atoms with Crippen LogP contribution in [0.3, 0.4) is 0 Å². The van der Waals surface area contributed by atoms with Gasteiger partial charge in [-0.2, -0.15) is 0 Å². The Morgan fingerprint density at radius 1 is 1.15 bits per heavy atom. The number of anilines is 1. The normalized spacial score (nSPS) is 10.7. The fourth-order valence-corrected chi connectivity index (χ4v) is 2.31. The van der Waals surface area contributed by atoms with E-state index in [1.165, 1.54) is 0 Å². The molecule has 0 aliphatic heterocycles. The SMILES string of the molecule is CCCOCCC(=O)Nc1ccc2cc(Br)ccc2c1. The van der Waals surface area contributed by atoms with Crippen LogP contribution in [0.15, 0.2) is 40.9 Å². The topological polar surface area (TPSA) is 38.3 Å². The molecule has 3 nitrogen and oxygen atoms in total. The van der Waals surface area contributed by atoms with Crippen molar-refractivity contribution >= 4 is 38.3 Å². The van der Waals surface area contributed by atoms with Crippen molar-refractivity contribution < 1.29 is 9.53 Å². The van der Waals surface area contributed by atoms with Crippen molar-refractivity contribution in [1.82, 2.24) is 0 Å². The summed E-state index contributed by atoms with van der Waals surface area (Å²) in [6, 6.07) is 12.0. The third kappa shape index (κ3) is 4.32. The molecule has 0 saturated heterocycles. The number of hydrogen-bond acceptors (Lipinski definition) is 2. The first-order valence-electron chi connectivity index (χ1n) is 6.76. The van der Waals surface area contributed by atoms with Gasteiger partial charge in [-0.3, -0.25) is 4.79 Å². The molecular weight excluding hydrogens is 318 g/mol. The maximum Gasteiger partial charge on any atom is 0.226 e. The van der Waals surface area contributed by atoms with Gasteiger partial charge in [0.1, 0.15) is 0 Å². The zero-order valence-electron chi connectivity index (χ0n) is 11.5. The van der Waals surface area contributed by atoms with Crippen LogP contribution in [0.2, 0.25) is 0 Å². The van der Waals surface area contributed by atoms with Crippen molar-refractivity contribution in [1.29, 1.82) is 0 Å². The quantitative estimate of drug-likeness (QED) is 0.796. The maximum absolute atomic E-state index is 11.8. The van der Waals surface area contributed by atoms with Gasteiger partial charge in [-0.05, 0) is 41.5 Å². The largest absolute Gasteiger partial charge is 0.381 e. The van der Waals surface area contributed by atoms with Crippen LogP contribution in [-0.4, -0.2) is 19.1 Å². The highest BCUT2D eigenvalue weighted by Gasteiger charge is 2.03. The second-order valence-electron chi connectivity index (χ2n) is 4.62. The van der Waals surface area contributed by atoms with Crippen LogP contribution in [0.25, 0.3) is 10.8 Å². The van der Waals surface area contributed by atoms with Gasteiger partial charge in [-0.25, -0.2) is 0 Å². The highest BCUT2D eigenvalue weighted by Crippen LogP contribution is 2.23. The number of carbonyl (C=O) groups excluding carboxylic acids is 1. The predicted molar refractivity (Wildman–Crippen MR) is 86.0 cm³/mol. The molecule has 0 unspecified atom stereocenters. The van der Waals surface area contributed by atoms with Gasteiger partial charge in [0.05, 0.1) is 13.0 Å². The molecule has 4 heteroatoms. The molecule has 0 fully saturated rings. The summed E-state index contributed by atoms with van der Waals surface area (Å²) in [5.74, 6) is -0.0161. The molecule has 0 aliphatic rings. The molecular formula is C16H18BrNO2. The van der Waals surface area contributed by atoms with E-state index >= 15 is 0 Å². The number of rotatable bonds is 6. The molecule has 2 rings (SSSR count). The van der Waals surface area contributed by atoms with Gasteiger partial charge in [0.2, 0.25) is 5.91 Å². The van der Waals surface area contributed by atoms with E-state index in [0.29, 0.717) is 19.6 Å². The monoisotopic (exact) mass is 335 g/mol. The summed E-state index contributed by atoms with van der Waals surface area (Å²) in [6.45, 7) is 3.23. The van der Waals surface area contributed by atoms with Crippen molar-refractivity contribution in [3.8, 4) is 0 Å². The summed E-state index contributed by atoms with van der Waals surface area (Å²) in [5, 5.41) is 5.14. The van der Waals surface area contributed by atoms with Crippen molar-refractivity contribution in [3.63, 3.8) is 0 Å². The molecule has 0 radical (unpaired) electrons. The smallest absolute Gasteiger partial charge is 0.226 e. The third-order valence-electron chi connectivity index (χ3n) is 2.91. The first-order chi connectivity index (χ1) is 9.69. The third-order valence-corrected chi connectivity index (χ3v) is 3.40. The summed E-state index contributed by atoms with van der Waals surface area (Å²) >= 11 is 3.45. The van der Waals surface area contributed by atoms with E-state index in [-0.39, 0.29) is 5.91 Å². The minimum atomic E-state index is -0.0161. The minimum absolute atomic E-state index is 0.0161. The van der Waals surface area contributed by atoms with E-state index in [2.05, 4.69) is 27.3 Å². The van der Waals surface area contributed by atoms with Gasteiger partial charge in [0.15, 0.2) is 0 Å². The van der Waals surface area contributed by atoms with Crippen LogP contribution < -0.4 is 5.32 Å². The average Bonchev–Trinajstić information content (AvgIpc) is 2.44. The number of nitrogens with one attached hydrogen (secondary N) is 1. The zero-order chi connectivity index (χ0) is 14.4. The number of fused-ring (bicyclic) bond motifs is 1. The summed E-state index contributed by atoms with van der Waals surface area (Å²) in [4.78, 5) is 11.8. The highest BCUT2D eigenvalue weighted by atomic mass is 79.9. The molecule has 1 amide bonds. The van der Waals surface area contributed by atoms with Crippen LogP contribution in [0.4, 0.5) is 5.69 Å². The van der Waals surface area contributed by atoms with Crippen LogP contribution in [0, 0.1) is 0 Å². The summed E-state index contributed by atoms with van der Waals surface area (Å²) in [5.41, 5.74) is 0.820. The lowest BCUT2D eigenvalue weighted by molar-refractivity contribution is -0.117. The van der Waals surface area contributed by atoms with E-state index in [9.17, 15) is 4.79 Å². The lowest BCUT2D eigenvalue weighted by Crippen LogP contribution is -2.14. The number of hydrogen-bond donors (Lipinski definition) is 1. The standard InChI is InChI=1S/C16H18BrNO2/c1-2-8-20-9-7-16(19)18-15-6-4-12-10-14(17)5-3-13(12)11-15/h3-6,10-11H,2,7-9H2,1H3,(H,18,19). The second-order valence-corrected chi connectivity index (χ2v) is 5.53. The van der Waals surface area contributed by atoms with E-state index < -0.39 is 0 Å². The minimum Gasteiger partial charge on any atom is -0.381 e. The first kappa shape index (κ1) is 15.0. The van der Waals surface area contributed by atoms with Gasteiger partial charge < -0.3 is 10.1 Å². The van der Waals surface area contributed by atoms with Gasteiger partial charge in [-0.15, -0.1) is 0 Å². The number of benzene rings is 2. The fourth-order valence-electron chi connectivity index (χ4n) is 1.93. The Bertz CT molecular complexity index is 598. The molecule has 1 N–H and O–H groups in total. The molecule has 0 spiro atoms. The first-order valence-corrected chi connectivity index (χ1v) is 7.55. The molecule has 106 valence electrons. The van der Waals surface area contributed by atoms with Crippen molar-refractivity contribution in [3.05, 3.63) is 40.9 Å². The molecule has 0 aliphatic carbocycles. The molecule has 0 heterocycles.